The molecule has 3 heteroatoms. The van der Waals surface area contributed by atoms with Gasteiger partial charge in [0.25, 0.3) is 0 Å². The zero-order valence-electron chi connectivity index (χ0n) is 8.92. The fourth-order valence-corrected chi connectivity index (χ4v) is 3.06. The first kappa shape index (κ1) is 10.8. The van der Waals surface area contributed by atoms with Crippen molar-refractivity contribution in [2.75, 3.05) is 23.4 Å². The first-order valence-electron chi connectivity index (χ1n) is 5.33. The lowest BCUT2D eigenvalue weighted by atomic mass is 10.1. The normalized spacial score (nSPS) is 20.5. The van der Waals surface area contributed by atoms with Gasteiger partial charge in [-0.25, -0.2) is 4.39 Å². The van der Waals surface area contributed by atoms with Crippen LogP contribution in [0.3, 0.4) is 0 Å². The summed E-state index contributed by atoms with van der Waals surface area (Å²) >= 11 is 1.99. The highest BCUT2D eigenvalue weighted by atomic mass is 32.2. The van der Waals surface area contributed by atoms with Crippen molar-refractivity contribution in [3.63, 3.8) is 0 Å². The number of thioether (sulfide) groups is 1. The van der Waals surface area contributed by atoms with Gasteiger partial charge < -0.3 is 5.32 Å². The van der Waals surface area contributed by atoms with E-state index in [1.54, 1.807) is 6.07 Å². The van der Waals surface area contributed by atoms with Crippen LogP contribution >= 0.6 is 11.8 Å². The lowest BCUT2D eigenvalue weighted by Gasteiger charge is -2.12. The zero-order chi connectivity index (χ0) is 10.7. The molecule has 2 rings (SSSR count). The number of hydrogen-bond acceptors (Lipinski definition) is 2. The Bertz CT molecular complexity index is 334. The average Bonchev–Trinajstić information content (AvgIpc) is 2.72. The maximum absolute atomic E-state index is 13.4. The highest BCUT2D eigenvalue weighted by Gasteiger charge is 2.15. The van der Waals surface area contributed by atoms with E-state index in [2.05, 4.69) is 5.32 Å². The molecule has 0 amide bonds. The third kappa shape index (κ3) is 2.88. The highest BCUT2D eigenvalue weighted by Crippen LogP contribution is 2.24. The van der Waals surface area contributed by atoms with Gasteiger partial charge in [0.1, 0.15) is 5.82 Å². The molecule has 1 fully saturated rings. The summed E-state index contributed by atoms with van der Waals surface area (Å²) in [5.41, 5.74) is 1.74. The van der Waals surface area contributed by atoms with Crippen LogP contribution in [0.2, 0.25) is 0 Å². The van der Waals surface area contributed by atoms with Crippen molar-refractivity contribution in [2.45, 2.75) is 13.3 Å². The molecule has 82 valence electrons. The molecular formula is C12H16FNS. The number of halogens is 1. The number of nitrogens with one attached hydrogen (secondary N) is 1. The largest absolute Gasteiger partial charge is 0.382 e. The Hall–Kier alpha value is -0.700. The van der Waals surface area contributed by atoms with E-state index >= 15 is 0 Å². The van der Waals surface area contributed by atoms with E-state index < -0.39 is 0 Å². The smallest absolute Gasteiger partial charge is 0.146 e. The van der Waals surface area contributed by atoms with Crippen LogP contribution < -0.4 is 5.32 Å². The van der Waals surface area contributed by atoms with Crippen LogP contribution in [0.4, 0.5) is 10.1 Å². The second kappa shape index (κ2) is 4.88. The van der Waals surface area contributed by atoms with Gasteiger partial charge in [0.15, 0.2) is 0 Å². The molecule has 1 unspecified atom stereocenters. The Balaban J connectivity index is 1.94. The standard InChI is InChI=1S/C12H16FNS/c1-9-2-3-11(13)12(6-9)14-7-10-4-5-15-8-10/h2-3,6,10,14H,4-5,7-8H2,1H3. The van der Waals surface area contributed by atoms with Gasteiger partial charge in [-0.2, -0.15) is 11.8 Å². The first-order chi connectivity index (χ1) is 7.25. The summed E-state index contributed by atoms with van der Waals surface area (Å²) in [5, 5.41) is 3.21. The van der Waals surface area contributed by atoms with Crippen LogP contribution in [0, 0.1) is 18.7 Å². The van der Waals surface area contributed by atoms with Gasteiger partial charge in [0.05, 0.1) is 5.69 Å². The van der Waals surface area contributed by atoms with Crippen molar-refractivity contribution in [1.29, 1.82) is 0 Å². The first-order valence-corrected chi connectivity index (χ1v) is 6.49. The fourth-order valence-electron chi connectivity index (χ4n) is 1.77. The summed E-state index contributed by atoms with van der Waals surface area (Å²) in [6.07, 6.45) is 1.26. The van der Waals surface area contributed by atoms with Gasteiger partial charge in [0.2, 0.25) is 0 Å². The zero-order valence-corrected chi connectivity index (χ0v) is 9.74. The molecule has 1 aliphatic rings. The average molecular weight is 225 g/mol. The van der Waals surface area contributed by atoms with Crippen LogP contribution in [-0.2, 0) is 0 Å². The molecule has 1 aromatic carbocycles. The van der Waals surface area contributed by atoms with Crippen molar-refractivity contribution >= 4 is 17.4 Å². The van der Waals surface area contributed by atoms with Crippen molar-refractivity contribution in [3.8, 4) is 0 Å². The summed E-state index contributed by atoms with van der Waals surface area (Å²) in [4.78, 5) is 0. The SMILES string of the molecule is Cc1ccc(F)c(NCC2CCSC2)c1. The Morgan fingerprint density at radius 3 is 3.13 bits per heavy atom. The van der Waals surface area contributed by atoms with Gasteiger partial charge in [-0.15, -0.1) is 0 Å². The number of anilines is 1. The van der Waals surface area contributed by atoms with Crippen LogP contribution in [0.25, 0.3) is 0 Å². The van der Waals surface area contributed by atoms with Gasteiger partial charge >= 0.3 is 0 Å². The third-order valence-corrected chi connectivity index (χ3v) is 3.96. The lowest BCUT2D eigenvalue weighted by Crippen LogP contribution is -2.14. The molecule has 1 aromatic rings. The molecule has 15 heavy (non-hydrogen) atoms. The quantitative estimate of drug-likeness (QED) is 0.847. The second-order valence-corrected chi connectivity index (χ2v) is 5.24. The number of hydrogen-bond donors (Lipinski definition) is 1. The minimum Gasteiger partial charge on any atom is -0.382 e. The molecule has 0 aliphatic carbocycles. The van der Waals surface area contributed by atoms with Crippen LogP contribution in [-0.4, -0.2) is 18.1 Å². The Morgan fingerprint density at radius 1 is 1.53 bits per heavy atom. The molecular weight excluding hydrogens is 209 g/mol. The van der Waals surface area contributed by atoms with Gasteiger partial charge in [-0.1, -0.05) is 6.07 Å². The Labute approximate surface area is 94.5 Å². The summed E-state index contributed by atoms with van der Waals surface area (Å²) in [6.45, 7) is 2.88. The molecule has 1 atom stereocenters. The maximum atomic E-state index is 13.4. The van der Waals surface area contributed by atoms with E-state index in [-0.39, 0.29) is 5.82 Å². The maximum Gasteiger partial charge on any atom is 0.146 e. The van der Waals surface area contributed by atoms with E-state index in [1.807, 2.05) is 24.8 Å². The monoisotopic (exact) mass is 225 g/mol. The molecule has 1 heterocycles. The number of rotatable bonds is 3. The van der Waals surface area contributed by atoms with E-state index in [9.17, 15) is 4.39 Å². The molecule has 0 spiro atoms. The van der Waals surface area contributed by atoms with Crippen molar-refractivity contribution in [2.24, 2.45) is 5.92 Å². The van der Waals surface area contributed by atoms with E-state index in [1.165, 1.54) is 24.0 Å². The molecule has 1 aliphatic heterocycles. The number of aryl methyl sites for hydroxylation is 1. The summed E-state index contributed by atoms with van der Waals surface area (Å²) in [5.74, 6) is 3.02. The van der Waals surface area contributed by atoms with Crippen molar-refractivity contribution < 1.29 is 4.39 Å². The van der Waals surface area contributed by atoms with Gasteiger partial charge in [0, 0.05) is 6.54 Å². The highest BCUT2D eigenvalue weighted by molar-refractivity contribution is 7.99. The molecule has 1 N–H and O–H groups in total. The predicted octanol–water partition coefficient (Wildman–Crippen LogP) is 3.30. The van der Waals surface area contributed by atoms with Crippen LogP contribution in [0.5, 0.6) is 0 Å². The predicted molar refractivity (Wildman–Crippen MR) is 65.1 cm³/mol. The van der Waals surface area contributed by atoms with E-state index in [0.29, 0.717) is 11.6 Å². The summed E-state index contributed by atoms with van der Waals surface area (Å²) < 4.78 is 13.4. The number of benzene rings is 1. The molecule has 1 saturated heterocycles. The molecule has 1 nitrogen and oxygen atoms in total. The van der Waals surface area contributed by atoms with Gasteiger partial charge in [-0.3, -0.25) is 0 Å². The van der Waals surface area contributed by atoms with Gasteiger partial charge in [-0.05, 0) is 48.5 Å². The molecule has 0 aromatic heterocycles. The third-order valence-electron chi connectivity index (χ3n) is 2.73. The fraction of sp³-hybridized carbons (Fsp3) is 0.500. The Morgan fingerprint density at radius 2 is 2.40 bits per heavy atom. The Kier molecular flexibility index (Phi) is 3.52. The lowest BCUT2D eigenvalue weighted by molar-refractivity contribution is 0.611. The van der Waals surface area contributed by atoms with E-state index in [4.69, 9.17) is 0 Å². The van der Waals surface area contributed by atoms with Crippen molar-refractivity contribution in [1.82, 2.24) is 0 Å². The molecule has 0 radical (unpaired) electrons. The minimum absolute atomic E-state index is 0.147. The van der Waals surface area contributed by atoms with Crippen LogP contribution in [0.1, 0.15) is 12.0 Å². The van der Waals surface area contributed by atoms with E-state index in [0.717, 1.165) is 12.1 Å². The summed E-state index contributed by atoms with van der Waals surface area (Å²) in [6, 6.07) is 5.20. The topological polar surface area (TPSA) is 12.0 Å². The molecule has 0 saturated carbocycles. The summed E-state index contributed by atoms with van der Waals surface area (Å²) in [7, 11) is 0. The second-order valence-electron chi connectivity index (χ2n) is 4.09. The van der Waals surface area contributed by atoms with Crippen molar-refractivity contribution in [3.05, 3.63) is 29.6 Å². The van der Waals surface area contributed by atoms with Crippen LogP contribution in [0.15, 0.2) is 18.2 Å². The minimum atomic E-state index is -0.147. The molecule has 0 bridgehead atoms.